The van der Waals surface area contributed by atoms with Crippen LogP contribution in [0, 0.1) is 5.92 Å². The van der Waals surface area contributed by atoms with Crippen molar-refractivity contribution in [2.45, 2.75) is 55.3 Å². The van der Waals surface area contributed by atoms with E-state index in [1.807, 2.05) is 12.1 Å². The lowest BCUT2D eigenvalue weighted by atomic mass is 9.49. The maximum Gasteiger partial charge on any atom is 0.335 e. The molecule has 2 bridgehead atoms. The van der Waals surface area contributed by atoms with Crippen LogP contribution in [0.4, 0.5) is 0 Å². The Morgan fingerprint density at radius 3 is 2.91 bits per heavy atom. The zero-order valence-electron chi connectivity index (χ0n) is 19.6. The fourth-order valence-corrected chi connectivity index (χ4v) is 7.91. The normalized spacial score (nSPS) is 32.2. The molecule has 180 valence electrons. The molecule has 3 N–H and O–H groups in total. The number of aliphatic hydroxyl groups is 1. The fraction of sp³-hybridized carbons (Fsp3) is 0.464. The van der Waals surface area contributed by atoms with Crippen LogP contribution in [-0.2, 0) is 18.3 Å². The van der Waals surface area contributed by atoms with Crippen LogP contribution < -0.4 is 9.47 Å². The molecule has 8 rings (SSSR count). The molecule has 3 aliphatic carbocycles. The van der Waals surface area contributed by atoms with E-state index in [0.717, 1.165) is 65.3 Å². The van der Waals surface area contributed by atoms with Gasteiger partial charge in [0.1, 0.15) is 0 Å². The summed E-state index contributed by atoms with van der Waals surface area (Å²) in [6.45, 7) is 1.99. The highest BCUT2D eigenvalue weighted by Gasteiger charge is 2.72. The van der Waals surface area contributed by atoms with Gasteiger partial charge < -0.3 is 24.7 Å². The monoisotopic (exact) mass is 472 g/mol. The lowest BCUT2D eigenvalue weighted by molar-refractivity contribution is -0.173. The number of H-pyrrole nitrogens is 1. The van der Waals surface area contributed by atoms with Crippen molar-refractivity contribution in [3.8, 4) is 11.5 Å². The SMILES string of the molecule is COc1ccc2c3c1OC1c4[nH]c5cc(C(=O)O)ccc5c4CC4(O)C(C2)N(CC2CC2)CCC314. The average Bonchev–Trinajstić information content (AvgIpc) is 3.49. The van der Waals surface area contributed by atoms with Gasteiger partial charge in [-0.15, -0.1) is 0 Å². The molecule has 3 aromatic rings. The van der Waals surface area contributed by atoms with Crippen LogP contribution in [0.25, 0.3) is 10.9 Å². The molecule has 1 aromatic heterocycles. The van der Waals surface area contributed by atoms with Crippen molar-refractivity contribution in [1.29, 1.82) is 0 Å². The molecule has 0 amide bonds. The molecule has 7 heteroatoms. The summed E-state index contributed by atoms with van der Waals surface area (Å²) in [6, 6.07) is 9.41. The Balaban J connectivity index is 1.39. The highest BCUT2D eigenvalue weighted by molar-refractivity contribution is 5.95. The fourth-order valence-electron chi connectivity index (χ4n) is 7.91. The standard InChI is InChI=1S/C28H28N2O5/c1-34-20-7-5-15-11-21-28(33)12-18-17-6-4-16(26(31)32)10-19(17)29-23(18)25-27(28,22(15)24(20)35-25)8-9-30(21)13-14-2-3-14/h4-7,10,14,21,25,29,33H,2-3,8-9,11-13H2,1H3,(H,31,32). The second-order valence-electron chi connectivity index (χ2n) is 11.2. The van der Waals surface area contributed by atoms with Crippen LogP contribution in [0.3, 0.4) is 0 Å². The van der Waals surface area contributed by atoms with Gasteiger partial charge in [-0.2, -0.15) is 0 Å². The van der Waals surface area contributed by atoms with Gasteiger partial charge in [-0.05, 0) is 67.5 Å². The van der Waals surface area contributed by atoms with Crippen molar-refractivity contribution in [2.24, 2.45) is 5.92 Å². The third-order valence-corrected chi connectivity index (χ3v) is 9.61. The summed E-state index contributed by atoms with van der Waals surface area (Å²) in [5, 5.41) is 23.4. The van der Waals surface area contributed by atoms with E-state index in [1.54, 1.807) is 19.2 Å². The number of carbonyl (C=O) groups is 1. The van der Waals surface area contributed by atoms with Crippen LogP contribution in [0.1, 0.15) is 58.1 Å². The van der Waals surface area contributed by atoms with Crippen molar-refractivity contribution in [2.75, 3.05) is 20.2 Å². The molecule has 7 nitrogen and oxygen atoms in total. The van der Waals surface area contributed by atoms with E-state index >= 15 is 0 Å². The molecule has 5 aliphatic rings. The van der Waals surface area contributed by atoms with Crippen molar-refractivity contribution in [1.82, 2.24) is 9.88 Å². The second kappa shape index (κ2) is 6.39. The number of likely N-dealkylation sites (tertiary alicyclic amines) is 1. The van der Waals surface area contributed by atoms with E-state index in [-0.39, 0.29) is 17.7 Å². The first kappa shape index (κ1) is 20.2. The van der Waals surface area contributed by atoms with Crippen molar-refractivity contribution in [3.05, 3.63) is 58.3 Å². The molecule has 4 unspecified atom stereocenters. The number of piperidine rings is 1. The molecule has 2 aromatic carbocycles. The number of fused-ring (bicyclic) bond motifs is 4. The number of carboxylic acid groups (broad SMARTS) is 1. The first-order valence-corrected chi connectivity index (χ1v) is 12.7. The highest BCUT2D eigenvalue weighted by Crippen LogP contribution is 2.69. The first-order valence-electron chi connectivity index (χ1n) is 12.7. The number of aromatic amines is 1. The minimum absolute atomic E-state index is 0.0196. The molecular formula is C28H28N2O5. The number of benzene rings is 2. The van der Waals surface area contributed by atoms with Crippen LogP contribution in [0.5, 0.6) is 11.5 Å². The minimum atomic E-state index is -0.983. The van der Waals surface area contributed by atoms with E-state index in [1.165, 1.54) is 18.4 Å². The zero-order chi connectivity index (χ0) is 23.7. The Hall–Kier alpha value is -3.03. The predicted octanol–water partition coefficient (Wildman–Crippen LogP) is 3.57. The number of hydrogen-bond acceptors (Lipinski definition) is 5. The number of aromatic carboxylic acids is 1. The number of carboxylic acids is 1. The maximum absolute atomic E-state index is 12.9. The van der Waals surface area contributed by atoms with Gasteiger partial charge in [-0.3, -0.25) is 4.90 Å². The lowest BCUT2D eigenvalue weighted by Gasteiger charge is -2.62. The maximum atomic E-state index is 12.9. The lowest BCUT2D eigenvalue weighted by Crippen LogP contribution is -2.74. The second-order valence-corrected chi connectivity index (χ2v) is 11.2. The average molecular weight is 473 g/mol. The quantitative estimate of drug-likeness (QED) is 0.537. The van der Waals surface area contributed by atoms with Gasteiger partial charge >= 0.3 is 5.97 Å². The molecule has 1 spiro atoms. The summed E-state index contributed by atoms with van der Waals surface area (Å²) in [7, 11) is 1.67. The molecule has 3 heterocycles. The van der Waals surface area contributed by atoms with Crippen LogP contribution in [0.15, 0.2) is 30.3 Å². The van der Waals surface area contributed by atoms with Gasteiger partial charge in [0.2, 0.25) is 0 Å². The van der Waals surface area contributed by atoms with Gasteiger partial charge in [0, 0.05) is 35.5 Å². The Morgan fingerprint density at radius 2 is 2.14 bits per heavy atom. The zero-order valence-corrected chi connectivity index (χ0v) is 19.6. The topological polar surface area (TPSA) is 95.0 Å². The Morgan fingerprint density at radius 1 is 1.29 bits per heavy atom. The Kier molecular flexibility index (Phi) is 3.69. The molecule has 4 atom stereocenters. The van der Waals surface area contributed by atoms with E-state index in [4.69, 9.17) is 9.47 Å². The van der Waals surface area contributed by atoms with Crippen molar-refractivity contribution in [3.63, 3.8) is 0 Å². The molecule has 2 aliphatic heterocycles. The number of methoxy groups -OCH3 is 1. The molecule has 1 saturated heterocycles. The number of aromatic nitrogens is 1. The van der Waals surface area contributed by atoms with E-state index in [2.05, 4.69) is 16.0 Å². The van der Waals surface area contributed by atoms with Gasteiger partial charge in [-0.1, -0.05) is 12.1 Å². The summed E-state index contributed by atoms with van der Waals surface area (Å²) in [6.07, 6.45) is 4.35. The highest BCUT2D eigenvalue weighted by atomic mass is 16.5. The van der Waals surface area contributed by atoms with Gasteiger partial charge in [0.05, 0.1) is 29.4 Å². The number of nitrogens with zero attached hydrogens (tertiary/aromatic N) is 1. The van der Waals surface area contributed by atoms with Gasteiger partial charge in [-0.25, -0.2) is 4.79 Å². The van der Waals surface area contributed by atoms with Crippen LogP contribution >= 0.6 is 0 Å². The van der Waals surface area contributed by atoms with Crippen LogP contribution in [0.2, 0.25) is 0 Å². The van der Waals surface area contributed by atoms with Gasteiger partial charge in [0.15, 0.2) is 17.6 Å². The number of nitrogens with one attached hydrogen (secondary N) is 1. The Labute approximate surface area is 202 Å². The number of rotatable bonds is 4. The van der Waals surface area contributed by atoms with Crippen LogP contribution in [-0.4, -0.2) is 57.9 Å². The summed E-state index contributed by atoms with van der Waals surface area (Å²) < 4.78 is 12.5. The molecular weight excluding hydrogens is 444 g/mol. The van der Waals surface area contributed by atoms with E-state index < -0.39 is 17.0 Å². The number of hydrogen-bond donors (Lipinski definition) is 3. The third-order valence-electron chi connectivity index (χ3n) is 9.61. The summed E-state index contributed by atoms with van der Waals surface area (Å²) in [4.78, 5) is 17.7. The van der Waals surface area contributed by atoms with E-state index in [0.29, 0.717) is 12.2 Å². The minimum Gasteiger partial charge on any atom is -0.493 e. The molecule has 1 saturated carbocycles. The summed E-state index contributed by atoms with van der Waals surface area (Å²) in [5.74, 6) is 1.27. The molecule has 0 radical (unpaired) electrons. The third kappa shape index (κ3) is 2.31. The molecule has 2 fully saturated rings. The largest absolute Gasteiger partial charge is 0.493 e. The predicted molar refractivity (Wildman–Crippen MR) is 128 cm³/mol. The first-order chi connectivity index (χ1) is 16.9. The summed E-state index contributed by atoms with van der Waals surface area (Å²) >= 11 is 0. The Bertz CT molecular complexity index is 1440. The smallest absolute Gasteiger partial charge is 0.335 e. The summed E-state index contributed by atoms with van der Waals surface area (Å²) in [5.41, 5.74) is 3.89. The van der Waals surface area contributed by atoms with Crippen molar-refractivity contribution < 1.29 is 24.5 Å². The van der Waals surface area contributed by atoms with Crippen molar-refractivity contribution >= 4 is 16.9 Å². The molecule has 35 heavy (non-hydrogen) atoms. The number of ether oxygens (including phenoxy) is 2. The van der Waals surface area contributed by atoms with E-state index in [9.17, 15) is 15.0 Å². The van der Waals surface area contributed by atoms with Gasteiger partial charge in [0.25, 0.3) is 0 Å².